The fraction of sp³-hybridized carbons (Fsp3) is 0.333. The van der Waals surface area contributed by atoms with Crippen molar-refractivity contribution in [1.82, 2.24) is 20.5 Å². The van der Waals surface area contributed by atoms with Gasteiger partial charge in [0.1, 0.15) is 0 Å². The van der Waals surface area contributed by atoms with E-state index in [-0.39, 0.29) is 5.95 Å². The summed E-state index contributed by atoms with van der Waals surface area (Å²) in [5.74, 6) is 0.276. The number of nitro benzene ring substituents is 1. The number of H-pyrrole nitrogens is 1. The Balaban J connectivity index is 1.83. The van der Waals surface area contributed by atoms with Crippen molar-refractivity contribution in [2.24, 2.45) is 0 Å². The lowest BCUT2D eigenvalue weighted by atomic mass is 10.3. The van der Waals surface area contributed by atoms with Crippen molar-refractivity contribution in [3.05, 3.63) is 34.4 Å². The van der Waals surface area contributed by atoms with Gasteiger partial charge in [-0.25, -0.2) is 18.2 Å². The minimum atomic E-state index is -4.16. The maximum absolute atomic E-state index is 12.4. The number of hydrogen-bond donors (Lipinski definition) is 3. The van der Waals surface area contributed by atoms with Crippen molar-refractivity contribution < 1.29 is 13.3 Å². The van der Waals surface area contributed by atoms with E-state index in [1.165, 1.54) is 12.1 Å². The molecule has 24 heavy (non-hydrogen) atoms. The third kappa shape index (κ3) is 3.28. The molecule has 0 radical (unpaired) electrons. The number of nitrogens with zero attached hydrogens (tertiary/aromatic N) is 4. The van der Waals surface area contributed by atoms with Crippen LogP contribution in [0, 0.1) is 10.1 Å². The van der Waals surface area contributed by atoms with Gasteiger partial charge in [0, 0.05) is 32.2 Å². The van der Waals surface area contributed by atoms with Crippen LogP contribution in [0.3, 0.4) is 0 Å². The Kier molecular flexibility index (Phi) is 4.31. The molecule has 0 atom stereocenters. The van der Waals surface area contributed by atoms with Gasteiger partial charge in [-0.1, -0.05) is 12.1 Å². The summed E-state index contributed by atoms with van der Waals surface area (Å²) in [6.45, 7) is 2.97. The number of aromatic nitrogens is 3. The number of para-hydroxylation sites is 1. The molecule has 128 valence electrons. The van der Waals surface area contributed by atoms with E-state index in [0.717, 1.165) is 25.2 Å². The van der Waals surface area contributed by atoms with Gasteiger partial charge in [-0.05, 0) is 6.07 Å². The first-order chi connectivity index (χ1) is 11.5. The Morgan fingerprint density at radius 2 is 1.96 bits per heavy atom. The molecule has 3 rings (SSSR count). The van der Waals surface area contributed by atoms with E-state index in [0.29, 0.717) is 19.0 Å². The van der Waals surface area contributed by atoms with Crippen molar-refractivity contribution >= 4 is 27.6 Å². The molecular formula is C12H15N7O4S. The van der Waals surface area contributed by atoms with Gasteiger partial charge in [-0.3, -0.25) is 10.1 Å². The first-order valence-electron chi connectivity index (χ1n) is 7.12. The maximum Gasteiger partial charge on any atom is 0.289 e. The van der Waals surface area contributed by atoms with Crippen LogP contribution in [0.1, 0.15) is 0 Å². The fourth-order valence-corrected chi connectivity index (χ4v) is 3.45. The van der Waals surface area contributed by atoms with Gasteiger partial charge in [0.25, 0.3) is 15.7 Å². The monoisotopic (exact) mass is 353 g/mol. The second-order valence-corrected chi connectivity index (χ2v) is 6.70. The molecule has 12 heteroatoms. The standard InChI is InChI=1S/C12H15N7O4S/c20-19(21)9-3-1-2-4-10(9)24(22,23)17-11-14-12(16-15-11)18-7-5-13-6-8-18/h1-4,13H,5-8H2,(H2,14,15,16,17). The van der Waals surface area contributed by atoms with Gasteiger partial charge in [0.05, 0.1) is 4.92 Å². The molecule has 0 aliphatic carbocycles. The van der Waals surface area contributed by atoms with E-state index < -0.39 is 25.5 Å². The molecule has 3 N–H and O–H groups in total. The molecule has 0 unspecified atom stereocenters. The minimum Gasteiger partial charge on any atom is -0.337 e. The van der Waals surface area contributed by atoms with Gasteiger partial charge in [0.2, 0.25) is 11.9 Å². The first kappa shape index (κ1) is 16.1. The topological polar surface area (TPSA) is 146 Å². The number of anilines is 2. The third-order valence-electron chi connectivity index (χ3n) is 3.46. The van der Waals surface area contributed by atoms with Gasteiger partial charge in [-0.15, -0.1) is 5.10 Å². The normalized spacial score (nSPS) is 15.2. The van der Waals surface area contributed by atoms with Gasteiger partial charge < -0.3 is 10.2 Å². The lowest BCUT2D eigenvalue weighted by molar-refractivity contribution is -0.387. The van der Waals surface area contributed by atoms with Crippen LogP contribution in [-0.2, 0) is 10.0 Å². The summed E-state index contributed by atoms with van der Waals surface area (Å²) in [6, 6.07) is 5.09. The highest BCUT2D eigenvalue weighted by molar-refractivity contribution is 7.92. The molecule has 0 bridgehead atoms. The first-order valence-corrected chi connectivity index (χ1v) is 8.60. The number of piperazine rings is 1. The molecule has 1 aromatic heterocycles. The van der Waals surface area contributed by atoms with Crippen LogP contribution in [0.2, 0.25) is 0 Å². The Bertz CT molecular complexity index is 845. The van der Waals surface area contributed by atoms with Gasteiger partial charge >= 0.3 is 0 Å². The highest BCUT2D eigenvalue weighted by Gasteiger charge is 2.26. The Morgan fingerprint density at radius 1 is 1.25 bits per heavy atom. The second kappa shape index (κ2) is 6.41. The summed E-state index contributed by atoms with van der Waals surface area (Å²) in [5.41, 5.74) is -0.508. The molecule has 0 saturated carbocycles. The van der Waals surface area contributed by atoms with Crippen LogP contribution >= 0.6 is 0 Å². The van der Waals surface area contributed by atoms with Crippen LogP contribution < -0.4 is 14.9 Å². The van der Waals surface area contributed by atoms with E-state index in [1.807, 2.05) is 4.90 Å². The number of rotatable bonds is 5. The highest BCUT2D eigenvalue weighted by Crippen LogP contribution is 2.24. The zero-order valence-corrected chi connectivity index (χ0v) is 13.3. The van der Waals surface area contributed by atoms with E-state index in [4.69, 9.17) is 0 Å². The van der Waals surface area contributed by atoms with Crippen LogP contribution in [-0.4, -0.2) is 54.7 Å². The van der Waals surface area contributed by atoms with Crippen LogP contribution in [0.15, 0.2) is 29.2 Å². The van der Waals surface area contributed by atoms with E-state index >= 15 is 0 Å². The van der Waals surface area contributed by atoms with Crippen LogP contribution in [0.5, 0.6) is 0 Å². The lowest BCUT2D eigenvalue weighted by Gasteiger charge is -2.25. The van der Waals surface area contributed by atoms with Gasteiger partial charge in [-0.2, -0.15) is 4.98 Å². The zero-order valence-electron chi connectivity index (χ0n) is 12.5. The van der Waals surface area contributed by atoms with Crippen molar-refractivity contribution in [3.8, 4) is 0 Å². The second-order valence-electron chi connectivity index (χ2n) is 5.05. The van der Waals surface area contributed by atoms with Crippen molar-refractivity contribution in [1.29, 1.82) is 0 Å². The van der Waals surface area contributed by atoms with Crippen LogP contribution in [0.25, 0.3) is 0 Å². The summed E-state index contributed by atoms with van der Waals surface area (Å²) in [6.07, 6.45) is 0. The Morgan fingerprint density at radius 3 is 2.67 bits per heavy atom. The van der Waals surface area contributed by atoms with Crippen LogP contribution in [0.4, 0.5) is 17.6 Å². The maximum atomic E-state index is 12.4. The number of hydrogen-bond acceptors (Lipinski definition) is 8. The summed E-state index contributed by atoms with van der Waals surface area (Å²) in [4.78, 5) is 15.8. The SMILES string of the molecule is O=[N+]([O-])c1ccccc1S(=O)(=O)Nc1nc(N2CCNCC2)n[nH]1. The van der Waals surface area contributed by atoms with Crippen molar-refractivity contribution in [3.63, 3.8) is 0 Å². The molecule has 0 amide bonds. The molecule has 11 nitrogen and oxygen atoms in total. The summed E-state index contributed by atoms with van der Waals surface area (Å²) in [7, 11) is -4.16. The smallest absolute Gasteiger partial charge is 0.289 e. The van der Waals surface area contributed by atoms with Gasteiger partial charge in [0.15, 0.2) is 4.90 Å². The molecule has 2 heterocycles. The number of sulfonamides is 1. The third-order valence-corrected chi connectivity index (χ3v) is 4.84. The molecule has 0 spiro atoms. The molecule has 2 aromatic rings. The molecule has 1 saturated heterocycles. The molecule has 1 fully saturated rings. The number of benzene rings is 1. The molecule has 1 aliphatic heterocycles. The predicted octanol–water partition coefficient (Wildman–Crippen LogP) is -0.0767. The average Bonchev–Trinajstić information content (AvgIpc) is 3.03. The average molecular weight is 353 g/mol. The summed E-state index contributed by atoms with van der Waals surface area (Å²) in [5, 5.41) is 20.7. The fourth-order valence-electron chi connectivity index (χ4n) is 2.32. The van der Waals surface area contributed by atoms with E-state index in [9.17, 15) is 18.5 Å². The summed E-state index contributed by atoms with van der Waals surface area (Å²) < 4.78 is 27.0. The molecule has 1 aliphatic rings. The Labute approximate surface area is 137 Å². The quantitative estimate of drug-likeness (QED) is 0.500. The lowest BCUT2D eigenvalue weighted by Crippen LogP contribution is -2.44. The van der Waals surface area contributed by atoms with Crippen molar-refractivity contribution in [2.45, 2.75) is 4.90 Å². The summed E-state index contributed by atoms with van der Waals surface area (Å²) >= 11 is 0. The minimum absolute atomic E-state index is 0.0957. The van der Waals surface area contributed by atoms with Crippen molar-refractivity contribution in [2.75, 3.05) is 35.8 Å². The molecular weight excluding hydrogens is 338 g/mol. The predicted molar refractivity (Wildman–Crippen MR) is 85.4 cm³/mol. The number of nitro groups is 1. The van der Waals surface area contributed by atoms with E-state index in [1.54, 1.807) is 0 Å². The molecule has 1 aromatic carbocycles. The number of nitrogens with one attached hydrogen (secondary N) is 3. The van der Waals surface area contributed by atoms with E-state index in [2.05, 4.69) is 25.2 Å². The zero-order chi connectivity index (χ0) is 17.2. The number of aromatic amines is 1. The Hall–Kier alpha value is -2.73. The largest absolute Gasteiger partial charge is 0.337 e. The highest BCUT2D eigenvalue weighted by atomic mass is 32.2.